The van der Waals surface area contributed by atoms with Crippen LogP contribution in [0.2, 0.25) is 0 Å². The van der Waals surface area contributed by atoms with Crippen molar-refractivity contribution >= 4 is 0 Å². The summed E-state index contributed by atoms with van der Waals surface area (Å²) >= 11 is 0. The number of piperazine rings is 1. The Balaban J connectivity index is 1.72. The molecule has 0 aliphatic carbocycles. The van der Waals surface area contributed by atoms with Gasteiger partial charge in [-0.3, -0.25) is 4.90 Å². The van der Waals surface area contributed by atoms with E-state index in [1.54, 1.807) is 12.1 Å². The van der Waals surface area contributed by atoms with Gasteiger partial charge in [0, 0.05) is 31.7 Å². The smallest absolute Gasteiger partial charge is 0.241 e. The lowest BCUT2D eigenvalue weighted by Crippen LogP contribution is -2.42. The molecule has 6 heteroatoms. The summed E-state index contributed by atoms with van der Waals surface area (Å²) in [6, 6.07) is 6.20. The van der Waals surface area contributed by atoms with Crippen molar-refractivity contribution in [1.29, 1.82) is 0 Å². The van der Waals surface area contributed by atoms with E-state index in [1.165, 1.54) is 12.1 Å². The molecule has 19 heavy (non-hydrogen) atoms. The van der Waals surface area contributed by atoms with Gasteiger partial charge in [-0.15, -0.1) is 0 Å². The summed E-state index contributed by atoms with van der Waals surface area (Å²) < 4.78 is 18.3. The van der Waals surface area contributed by atoms with Gasteiger partial charge in [0.25, 0.3) is 0 Å². The molecule has 0 radical (unpaired) electrons. The Bertz CT molecular complexity index is 551. The summed E-state index contributed by atoms with van der Waals surface area (Å²) in [5.74, 6) is 0.705. The average molecular weight is 262 g/mol. The first-order valence-electron chi connectivity index (χ1n) is 6.33. The lowest BCUT2D eigenvalue weighted by Gasteiger charge is -2.25. The second-order valence-electron chi connectivity index (χ2n) is 4.55. The van der Waals surface area contributed by atoms with Crippen molar-refractivity contribution in [3.05, 3.63) is 36.0 Å². The van der Waals surface area contributed by atoms with E-state index in [0.29, 0.717) is 23.8 Å². The van der Waals surface area contributed by atoms with Crippen LogP contribution in [0.25, 0.3) is 11.4 Å². The molecule has 0 saturated carbocycles. The predicted molar refractivity (Wildman–Crippen MR) is 67.8 cm³/mol. The van der Waals surface area contributed by atoms with Crippen molar-refractivity contribution in [2.24, 2.45) is 0 Å². The van der Waals surface area contributed by atoms with Gasteiger partial charge in [0.1, 0.15) is 5.82 Å². The van der Waals surface area contributed by atoms with Crippen LogP contribution in [-0.2, 0) is 6.54 Å². The van der Waals surface area contributed by atoms with Crippen LogP contribution in [0.3, 0.4) is 0 Å². The topological polar surface area (TPSA) is 54.2 Å². The molecular formula is C13H15FN4O. The van der Waals surface area contributed by atoms with E-state index in [1.807, 2.05) is 0 Å². The normalized spacial score (nSPS) is 16.7. The van der Waals surface area contributed by atoms with E-state index < -0.39 is 0 Å². The molecule has 1 fully saturated rings. The van der Waals surface area contributed by atoms with Crippen LogP contribution in [-0.4, -0.2) is 41.2 Å². The number of rotatable bonds is 3. The van der Waals surface area contributed by atoms with Crippen molar-refractivity contribution in [2.75, 3.05) is 26.2 Å². The van der Waals surface area contributed by atoms with E-state index in [2.05, 4.69) is 20.4 Å². The fourth-order valence-corrected chi connectivity index (χ4v) is 2.12. The van der Waals surface area contributed by atoms with Gasteiger partial charge >= 0.3 is 0 Å². The lowest BCUT2D eigenvalue weighted by atomic mass is 10.2. The Morgan fingerprint density at radius 1 is 1.32 bits per heavy atom. The lowest BCUT2D eigenvalue weighted by molar-refractivity contribution is 0.203. The van der Waals surface area contributed by atoms with Gasteiger partial charge in [0.2, 0.25) is 11.7 Å². The highest BCUT2D eigenvalue weighted by Crippen LogP contribution is 2.17. The fraction of sp³-hybridized carbons (Fsp3) is 0.385. The zero-order chi connectivity index (χ0) is 13.1. The zero-order valence-corrected chi connectivity index (χ0v) is 10.5. The third-order valence-electron chi connectivity index (χ3n) is 3.12. The van der Waals surface area contributed by atoms with Crippen LogP contribution in [0.1, 0.15) is 5.89 Å². The number of hydrogen-bond acceptors (Lipinski definition) is 5. The molecule has 0 spiro atoms. The minimum atomic E-state index is -0.300. The van der Waals surface area contributed by atoms with Crippen molar-refractivity contribution in [1.82, 2.24) is 20.4 Å². The number of aromatic nitrogens is 2. The molecule has 0 amide bonds. The summed E-state index contributed by atoms with van der Waals surface area (Å²) in [6.45, 7) is 4.54. The summed E-state index contributed by atoms with van der Waals surface area (Å²) in [5, 5.41) is 7.19. The third kappa shape index (κ3) is 2.97. The quantitative estimate of drug-likeness (QED) is 0.903. The number of benzene rings is 1. The second-order valence-corrected chi connectivity index (χ2v) is 4.55. The largest absolute Gasteiger partial charge is 0.338 e. The molecule has 1 aromatic carbocycles. The molecule has 3 rings (SSSR count). The third-order valence-corrected chi connectivity index (χ3v) is 3.12. The Morgan fingerprint density at radius 2 is 2.16 bits per heavy atom. The summed E-state index contributed by atoms with van der Waals surface area (Å²) in [6.07, 6.45) is 0. The van der Waals surface area contributed by atoms with E-state index >= 15 is 0 Å². The van der Waals surface area contributed by atoms with Gasteiger partial charge in [0.15, 0.2) is 0 Å². The van der Waals surface area contributed by atoms with Crippen LogP contribution in [0.4, 0.5) is 4.39 Å². The Labute approximate surface area is 110 Å². The maximum atomic E-state index is 13.1. The van der Waals surface area contributed by atoms with E-state index in [0.717, 1.165) is 26.2 Å². The van der Waals surface area contributed by atoms with Gasteiger partial charge in [-0.25, -0.2) is 4.39 Å². The Morgan fingerprint density at radius 3 is 2.95 bits per heavy atom. The fourth-order valence-electron chi connectivity index (χ4n) is 2.12. The molecule has 1 aliphatic rings. The molecule has 2 aromatic rings. The highest BCUT2D eigenvalue weighted by atomic mass is 19.1. The van der Waals surface area contributed by atoms with Crippen LogP contribution in [0.15, 0.2) is 28.8 Å². The molecule has 1 N–H and O–H groups in total. The molecular weight excluding hydrogens is 247 g/mol. The molecule has 1 aromatic heterocycles. The molecule has 1 saturated heterocycles. The van der Waals surface area contributed by atoms with Crippen molar-refractivity contribution in [2.45, 2.75) is 6.54 Å². The molecule has 5 nitrogen and oxygen atoms in total. The molecule has 0 atom stereocenters. The highest BCUT2D eigenvalue weighted by molar-refractivity contribution is 5.53. The minimum absolute atomic E-state index is 0.300. The number of halogens is 1. The highest BCUT2D eigenvalue weighted by Gasteiger charge is 2.15. The molecule has 0 bridgehead atoms. The van der Waals surface area contributed by atoms with Crippen LogP contribution < -0.4 is 5.32 Å². The first kappa shape index (κ1) is 12.3. The first-order chi connectivity index (χ1) is 9.31. The first-order valence-corrected chi connectivity index (χ1v) is 6.33. The maximum absolute atomic E-state index is 13.1. The van der Waals surface area contributed by atoms with Crippen molar-refractivity contribution in [3.63, 3.8) is 0 Å². The average Bonchev–Trinajstić information content (AvgIpc) is 2.88. The van der Waals surface area contributed by atoms with Crippen LogP contribution >= 0.6 is 0 Å². The van der Waals surface area contributed by atoms with E-state index in [-0.39, 0.29) is 5.82 Å². The van der Waals surface area contributed by atoms with Gasteiger partial charge < -0.3 is 9.84 Å². The number of hydrogen-bond donors (Lipinski definition) is 1. The SMILES string of the molecule is Fc1cccc(-c2noc(CN3CCNCC3)n2)c1. The van der Waals surface area contributed by atoms with E-state index in [4.69, 9.17) is 4.52 Å². The summed E-state index contributed by atoms with van der Waals surface area (Å²) in [4.78, 5) is 6.56. The van der Waals surface area contributed by atoms with Crippen molar-refractivity contribution in [3.8, 4) is 11.4 Å². The number of nitrogens with one attached hydrogen (secondary N) is 1. The van der Waals surface area contributed by atoms with Gasteiger partial charge in [-0.05, 0) is 12.1 Å². The molecule has 2 heterocycles. The Kier molecular flexibility index (Phi) is 3.52. The zero-order valence-electron chi connectivity index (χ0n) is 10.5. The van der Waals surface area contributed by atoms with Gasteiger partial charge in [0.05, 0.1) is 6.54 Å². The van der Waals surface area contributed by atoms with Crippen LogP contribution in [0.5, 0.6) is 0 Å². The number of nitrogens with zero attached hydrogens (tertiary/aromatic N) is 3. The second kappa shape index (κ2) is 5.46. The molecule has 1 aliphatic heterocycles. The predicted octanol–water partition coefficient (Wildman–Crippen LogP) is 1.28. The monoisotopic (exact) mass is 262 g/mol. The Hall–Kier alpha value is -1.79. The standard InChI is InChI=1S/C13H15FN4O/c14-11-3-1-2-10(8-11)13-16-12(19-17-13)9-18-6-4-15-5-7-18/h1-3,8,15H,4-7,9H2. The summed E-state index contributed by atoms with van der Waals surface area (Å²) in [5.41, 5.74) is 0.635. The summed E-state index contributed by atoms with van der Waals surface area (Å²) in [7, 11) is 0. The minimum Gasteiger partial charge on any atom is -0.338 e. The maximum Gasteiger partial charge on any atom is 0.241 e. The van der Waals surface area contributed by atoms with E-state index in [9.17, 15) is 4.39 Å². The van der Waals surface area contributed by atoms with Gasteiger partial charge in [-0.2, -0.15) is 4.98 Å². The van der Waals surface area contributed by atoms with Crippen LogP contribution in [0, 0.1) is 5.82 Å². The van der Waals surface area contributed by atoms with Gasteiger partial charge in [-0.1, -0.05) is 17.3 Å². The molecule has 100 valence electrons. The molecule has 0 unspecified atom stereocenters. The van der Waals surface area contributed by atoms with Crippen molar-refractivity contribution < 1.29 is 8.91 Å².